The summed E-state index contributed by atoms with van der Waals surface area (Å²) in [4.78, 5) is 11.5. The number of nitrogens with zero attached hydrogens (tertiary/aromatic N) is 1. The summed E-state index contributed by atoms with van der Waals surface area (Å²) in [5.74, 6) is -2.47. The predicted molar refractivity (Wildman–Crippen MR) is 60.2 cm³/mol. The van der Waals surface area contributed by atoms with Gasteiger partial charge in [0.1, 0.15) is 16.5 Å². The first-order valence-electron chi connectivity index (χ1n) is 4.89. The van der Waals surface area contributed by atoms with Crippen LogP contribution in [0.1, 0.15) is 0 Å². The molecule has 0 unspecified atom stereocenters. The number of hydrogen-bond acceptors (Lipinski definition) is 3. The number of sulfonamides is 1. The van der Waals surface area contributed by atoms with E-state index in [-0.39, 0.29) is 0 Å². The highest BCUT2D eigenvalue weighted by Gasteiger charge is 2.21. The Morgan fingerprint density at radius 3 is 2.50 bits per heavy atom. The number of halogens is 2. The zero-order valence-electron chi connectivity index (χ0n) is 9.78. The van der Waals surface area contributed by atoms with Crippen molar-refractivity contribution >= 4 is 15.9 Å². The van der Waals surface area contributed by atoms with Gasteiger partial charge in [-0.15, -0.1) is 0 Å². The van der Waals surface area contributed by atoms with E-state index in [0.29, 0.717) is 12.1 Å². The fourth-order valence-electron chi connectivity index (χ4n) is 1.08. The fourth-order valence-corrected chi connectivity index (χ4v) is 2.14. The summed E-state index contributed by atoms with van der Waals surface area (Å²) >= 11 is 0. The highest BCUT2D eigenvalue weighted by Crippen LogP contribution is 2.15. The molecule has 0 atom stereocenters. The lowest BCUT2D eigenvalue weighted by molar-refractivity contribution is -0.127. The summed E-state index contributed by atoms with van der Waals surface area (Å²) in [7, 11) is -1.37. The standard InChI is InChI=1S/C10H12F2N2O3S/c1-14(2)10(15)6-13-18(16,17)9-5-7(11)3-4-8(9)12/h3-5,13H,6H2,1-2H3. The van der Waals surface area contributed by atoms with Gasteiger partial charge in [0, 0.05) is 14.1 Å². The number of carbonyl (C=O) groups is 1. The van der Waals surface area contributed by atoms with E-state index >= 15 is 0 Å². The SMILES string of the molecule is CN(C)C(=O)CNS(=O)(=O)c1cc(F)ccc1F. The van der Waals surface area contributed by atoms with Crippen LogP contribution in [-0.4, -0.2) is 39.9 Å². The summed E-state index contributed by atoms with van der Waals surface area (Å²) in [6.45, 7) is -0.523. The van der Waals surface area contributed by atoms with Gasteiger partial charge in [-0.25, -0.2) is 21.9 Å². The molecule has 0 saturated carbocycles. The first-order chi connectivity index (χ1) is 8.24. The molecule has 0 aromatic heterocycles. The molecular formula is C10H12F2N2O3S. The van der Waals surface area contributed by atoms with Crippen molar-refractivity contribution in [2.45, 2.75) is 4.90 Å². The average molecular weight is 278 g/mol. The van der Waals surface area contributed by atoms with Crippen molar-refractivity contribution in [2.24, 2.45) is 0 Å². The van der Waals surface area contributed by atoms with Gasteiger partial charge in [0.05, 0.1) is 6.54 Å². The molecule has 0 fully saturated rings. The maximum absolute atomic E-state index is 13.3. The molecule has 1 N–H and O–H groups in total. The molecule has 100 valence electrons. The Hall–Kier alpha value is -1.54. The molecule has 0 aliphatic carbocycles. The summed E-state index contributed by atoms with van der Waals surface area (Å²) in [5.41, 5.74) is 0. The third-order valence-corrected chi connectivity index (χ3v) is 3.51. The lowest BCUT2D eigenvalue weighted by Gasteiger charge is -2.11. The van der Waals surface area contributed by atoms with E-state index in [9.17, 15) is 22.0 Å². The molecule has 0 aliphatic rings. The van der Waals surface area contributed by atoms with E-state index < -0.39 is 39.0 Å². The van der Waals surface area contributed by atoms with E-state index in [1.165, 1.54) is 19.0 Å². The number of nitrogens with one attached hydrogen (secondary N) is 1. The van der Waals surface area contributed by atoms with Crippen molar-refractivity contribution in [3.8, 4) is 0 Å². The van der Waals surface area contributed by atoms with Crippen LogP contribution in [-0.2, 0) is 14.8 Å². The molecule has 1 aromatic carbocycles. The smallest absolute Gasteiger partial charge is 0.244 e. The van der Waals surface area contributed by atoms with Gasteiger partial charge in [-0.3, -0.25) is 4.79 Å². The summed E-state index contributed by atoms with van der Waals surface area (Å²) in [5, 5.41) is 0. The van der Waals surface area contributed by atoms with Crippen LogP contribution < -0.4 is 4.72 Å². The number of amides is 1. The number of likely N-dealkylation sites (N-methyl/N-ethyl adjacent to an activating group) is 1. The van der Waals surface area contributed by atoms with Crippen LogP contribution in [0.2, 0.25) is 0 Å². The highest BCUT2D eigenvalue weighted by atomic mass is 32.2. The van der Waals surface area contributed by atoms with E-state index in [0.717, 1.165) is 6.07 Å². The van der Waals surface area contributed by atoms with Gasteiger partial charge in [-0.1, -0.05) is 0 Å². The second-order valence-electron chi connectivity index (χ2n) is 3.69. The maximum atomic E-state index is 13.3. The quantitative estimate of drug-likeness (QED) is 0.863. The second-order valence-corrected chi connectivity index (χ2v) is 5.42. The molecule has 1 rings (SSSR count). The van der Waals surface area contributed by atoms with Crippen LogP contribution in [0.4, 0.5) is 8.78 Å². The molecule has 0 saturated heterocycles. The Kier molecular flexibility index (Phi) is 4.36. The molecular weight excluding hydrogens is 266 g/mol. The van der Waals surface area contributed by atoms with Crippen molar-refractivity contribution in [1.29, 1.82) is 0 Å². The molecule has 0 spiro atoms. The van der Waals surface area contributed by atoms with E-state index in [1.54, 1.807) is 0 Å². The minimum absolute atomic E-state index is 0.504. The van der Waals surface area contributed by atoms with E-state index in [2.05, 4.69) is 0 Å². The van der Waals surface area contributed by atoms with Crippen LogP contribution in [0, 0.1) is 11.6 Å². The third kappa shape index (κ3) is 3.47. The normalized spacial score (nSPS) is 11.3. The topological polar surface area (TPSA) is 66.5 Å². The highest BCUT2D eigenvalue weighted by molar-refractivity contribution is 7.89. The van der Waals surface area contributed by atoms with E-state index in [4.69, 9.17) is 0 Å². The minimum atomic E-state index is -4.25. The molecule has 1 amide bonds. The molecule has 8 heteroatoms. The van der Waals surface area contributed by atoms with Gasteiger partial charge in [0.2, 0.25) is 15.9 Å². The molecule has 18 heavy (non-hydrogen) atoms. The minimum Gasteiger partial charge on any atom is -0.348 e. The summed E-state index contributed by atoms with van der Waals surface area (Å²) in [6, 6.07) is 2.06. The largest absolute Gasteiger partial charge is 0.348 e. The summed E-state index contributed by atoms with van der Waals surface area (Å²) in [6.07, 6.45) is 0. The van der Waals surface area contributed by atoms with Gasteiger partial charge in [0.15, 0.2) is 0 Å². The number of benzene rings is 1. The van der Waals surface area contributed by atoms with Crippen molar-refractivity contribution in [3.05, 3.63) is 29.8 Å². The van der Waals surface area contributed by atoms with Gasteiger partial charge in [-0.2, -0.15) is 0 Å². The van der Waals surface area contributed by atoms with Crippen molar-refractivity contribution in [2.75, 3.05) is 20.6 Å². The third-order valence-electron chi connectivity index (χ3n) is 2.09. The van der Waals surface area contributed by atoms with Gasteiger partial charge < -0.3 is 4.90 Å². The number of carbonyl (C=O) groups excluding carboxylic acids is 1. The molecule has 0 aliphatic heterocycles. The number of hydrogen-bond donors (Lipinski definition) is 1. The zero-order valence-corrected chi connectivity index (χ0v) is 10.6. The van der Waals surface area contributed by atoms with Gasteiger partial charge in [0.25, 0.3) is 0 Å². The van der Waals surface area contributed by atoms with E-state index in [1.807, 2.05) is 4.72 Å². The van der Waals surface area contributed by atoms with Crippen LogP contribution in [0.25, 0.3) is 0 Å². The zero-order chi connectivity index (χ0) is 13.9. The first-order valence-corrected chi connectivity index (χ1v) is 6.37. The molecule has 5 nitrogen and oxygen atoms in total. The average Bonchev–Trinajstić information content (AvgIpc) is 2.29. The van der Waals surface area contributed by atoms with Crippen LogP contribution in [0.3, 0.4) is 0 Å². The lowest BCUT2D eigenvalue weighted by Crippen LogP contribution is -2.36. The summed E-state index contributed by atoms with van der Waals surface area (Å²) < 4.78 is 51.3. The van der Waals surface area contributed by atoms with Crippen molar-refractivity contribution in [3.63, 3.8) is 0 Å². The Labute approximate surface area is 103 Å². The van der Waals surface area contributed by atoms with Gasteiger partial charge in [-0.05, 0) is 18.2 Å². The molecule has 0 bridgehead atoms. The predicted octanol–water partition coefficient (Wildman–Crippen LogP) is 0.331. The maximum Gasteiger partial charge on any atom is 0.244 e. The Balaban J connectivity index is 2.93. The monoisotopic (exact) mass is 278 g/mol. The molecule has 0 heterocycles. The van der Waals surface area contributed by atoms with Crippen molar-refractivity contribution in [1.82, 2.24) is 9.62 Å². The lowest BCUT2D eigenvalue weighted by atomic mass is 10.3. The van der Waals surface area contributed by atoms with Crippen LogP contribution >= 0.6 is 0 Å². The molecule has 0 radical (unpaired) electrons. The second kappa shape index (κ2) is 5.40. The number of rotatable bonds is 4. The Bertz CT molecular complexity index is 558. The van der Waals surface area contributed by atoms with Crippen LogP contribution in [0.5, 0.6) is 0 Å². The van der Waals surface area contributed by atoms with Gasteiger partial charge >= 0.3 is 0 Å². The Morgan fingerprint density at radius 2 is 1.94 bits per heavy atom. The van der Waals surface area contributed by atoms with Crippen molar-refractivity contribution < 1.29 is 22.0 Å². The molecule has 1 aromatic rings. The van der Waals surface area contributed by atoms with Crippen LogP contribution in [0.15, 0.2) is 23.1 Å². The fraction of sp³-hybridized carbons (Fsp3) is 0.300. The first kappa shape index (κ1) is 14.5. The Morgan fingerprint density at radius 1 is 1.33 bits per heavy atom.